The number of non-ortho nitro benzene ring substituents is 1. The summed E-state index contributed by atoms with van der Waals surface area (Å²) in [5.41, 5.74) is -0.143. The molecule has 3 rings (SSSR count). The first-order valence-corrected chi connectivity index (χ1v) is 7.60. The van der Waals surface area contributed by atoms with Crippen LogP contribution in [0, 0.1) is 10.1 Å². The lowest BCUT2D eigenvalue weighted by atomic mass is 10.2. The highest BCUT2D eigenvalue weighted by molar-refractivity contribution is 5.97. The number of hydrogen-bond acceptors (Lipinski definition) is 7. The van der Waals surface area contributed by atoms with Crippen molar-refractivity contribution in [3.63, 3.8) is 0 Å². The number of benzene rings is 2. The molecule has 0 saturated heterocycles. The standard InChI is InChI=1S/C17H14N2O7/c1-10(18-16(20)11-3-2-4-12(7-11)19(22)23)17(21)26-13-5-6-14-15(8-13)25-9-24-14/h2-8,10H,9H2,1H3,(H,18,20)/t10-/m0/s1. The Balaban J connectivity index is 1.62. The van der Waals surface area contributed by atoms with E-state index in [9.17, 15) is 19.7 Å². The zero-order valence-corrected chi connectivity index (χ0v) is 13.6. The van der Waals surface area contributed by atoms with E-state index in [0.29, 0.717) is 11.5 Å². The van der Waals surface area contributed by atoms with Crippen molar-refractivity contribution >= 4 is 17.6 Å². The van der Waals surface area contributed by atoms with Gasteiger partial charge in [0.25, 0.3) is 11.6 Å². The van der Waals surface area contributed by atoms with Gasteiger partial charge >= 0.3 is 5.97 Å². The number of fused-ring (bicyclic) bond motifs is 1. The molecule has 0 spiro atoms. The van der Waals surface area contributed by atoms with Crippen LogP contribution in [0.3, 0.4) is 0 Å². The summed E-state index contributed by atoms with van der Waals surface area (Å²) in [4.78, 5) is 34.5. The number of carbonyl (C=O) groups excluding carboxylic acids is 2. The van der Waals surface area contributed by atoms with Crippen molar-refractivity contribution in [3.05, 3.63) is 58.1 Å². The highest BCUT2D eigenvalue weighted by atomic mass is 16.7. The van der Waals surface area contributed by atoms with E-state index in [-0.39, 0.29) is 23.8 Å². The predicted octanol–water partition coefficient (Wildman–Crippen LogP) is 2.05. The Kier molecular flexibility index (Phi) is 4.70. The lowest BCUT2D eigenvalue weighted by Gasteiger charge is -2.13. The van der Waals surface area contributed by atoms with Gasteiger partial charge in [-0.3, -0.25) is 14.9 Å². The van der Waals surface area contributed by atoms with Gasteiger partial charge in [0.1, 0.15) is 11.8 Å². The molecule has 0 fully saturated rings. The molecule has 1 aliphatic heterocycles. The fraction of sp³-hybridized carbons (Fsp3) is 0.176. The minimum Gasteiger partial charge on any atom is -0.454 e. The van der Waals surface area contributed by atoms with Crippen LogP contribution in [0.25, 0.3) is 0 Å². The third kappa shape index (κ3) is 3.72. The summed E-state index contributed by atoms with van der Waals surface area (Å²) in [6.45, 7) is 1.55. The van der Waals surface area contributed by atoms with E-state index in [0.717, 1.165) is 6.07 Å². The van der Waals surface area contributed by atoms with Crippen LogP contribution >= 0.6 is 0 Å². The van der Waals surface area contributed by atoms with E-state index >= 15 is 0 Å². The van der Waals surface area contributed by atoms with Crippen molar-refractivity contribution in [2.45, 2.75) is 13.0 Å². The second-order valence-electron chi connectivity index (χ2n) is 5.44. The van der Waals surface area contributed by atoms with Crippen molar-refractivity contribution in [1.29, 1.82) is 0 Å². The lowest BCUT2D eigenvalue weighted by Crippen LogP contribution is -2.40. The average Bonchev–Trinajstić information content (AvgIpc) is 3.09. The van der Waals surface area contributed by atoms with Gasteiger partial charge in [-0.15, -0.1) is 0 Å². The number of nitro groups is 1. The van der Waals surface area contributed by atoms with Crippen LogP contribution in [-0.4, -0.2) is 29.6 Å². The smallest absolute Gasteiger partial charge is 0.333 e. The molecule has 1 aliphatic rings. The van der Waals surface area contributed by atoms with E-state index < -0.39 is 22.8 Å². The topological polar surface area (TPSA) is 117 Å². The number of nitrogens with zero attached hydrogens (tertiary/aromatic N) is 1. The quantitative estimate of drug-likeness (QED) is 0.376. The van der Waals surface area contributed by atoms with Gasteiger partial charge in [0.2, 0.25) is 6.79 Å². The molecule has 0 aromatic heterocycles. The van der Waals surface area contributed by atoms with E-state index in [1.807, 2.05) is 0 Å². The van der Waals surface area contributed by atoms with E-state index in [1.54, 1.807) is 12.1 Å². The molecular weight excluding hydrogens is 344 g/mol. The summed E-state index contributed by atoms with van der Waals surface area (Å²) in [7, 11) is 0. The van der Waals surface area contributed by atoms with Crippen LogP contribution in [0.1, 0.15) is 17.3 Å². The molecule has 0 aliphatic carbocycles. The highest BCUT2D eigenvalue weighted by Crippen LogP contribution is 2.35. The second-order valence-corrected chi connectivity index (χ2v) is 5.44. The summed E-state index contributed by atoms with van der Waals surface area (Å²) < 4.78 is 15.6. The summed E-state index contributed by atoms with van der Waals surface area (Å²) in [6, 6.07) is 8.90. The fourth-order valence-corrected chi connectivity index (χ4v) is 2.24. The molecule has 0 bridgehead atoms. The van der Waals surface area contributed by atoms with Crippen molar-refractivity contribution < 1.29 is 28.7 Å². The number of rotatable bonds is 5. The Labute approximate surface area is 147 Å². The van der Waals surface area contributed by atoms with Crippen molar-refractivity contribution in [2.24, 2.45) is 0 Å². The lowest BCUT2D eigenvalue weighted by molar-refractivity contribution is -0.384. The van der Waals surface area contributed by atoms with Crippen LogP contribution in [0.2, 0.25) is 0 Å². The SMILES string of the molecule is C[C@H](NC(=O)c1cccc([N+](=O)[O-])c1)C(=O)Oc1ccc2c(c1)OCO2. The van der Waals surface area contributed by atoms with Crippen LogP contribution in [-0.2, 0) is 4.79 Å². The van der Waals surface area contributed by atoms with Gasteiger partial charge in [-0.2, -0.15) is 0 Å². The second kappa shape index (κ2) is 7.09. The van der Waals surface area contributed by atoms with Crippen LogP contribution in [0.4, 0.5) is 5.69 Å². The monoisotopic (exact) mass is 358 g/mol. The molecule has 0 saturated carbocycles. The normalized spacial score (nSPS) is 13.0. The highest BCUT2D eigenvalue weighted by Gasteiger charge is 2.21. The molecule has 0 unspecified atom stereocenters. The number of amides is 1. The van der Waals surface area contributed by atoms with Crippen LogP contribution in [0.5, 0.6) is 17.2 Å². The van der Waals surface area contributed by atoms with Crippen LogP contribution < -0.4 is 19.5 Å². The number of carbonyl (C=O) groups is 2. The summed E-state index contributed by atoms with van der Waals surface area (Å²) in [6.07, 6.45) is 0. The van der Waals surface area contributed by atoms with Gasteiger partial charge in [0.15, 0.2) is 11.5 Å². The molecule has 2 aromatic carbocycles. The zero-order valence-electron chi connectivity index (χ0n) is 13.6. The first-order chi connectivity index (χ1) is 12.4. The number of esters is 1. The van der Waals surface area contributed by atoms with E-state index in [1.165, 1.54) is 31.2 Å². The Morgan fingerprint density at radius 1 is 1.19 bits per heavy atom. The summed E-state index contributed by atoms with van der Waals surface area (Å²) in [5, 5.41) is 13.2. The van der Waals surface area contributed by atoms with Crippen molar-refractivity contribution in [1.82, 2.24) is 5.32 Å². The van der Waals surface area contributed by atoms with Gasteiger partial charge in [0, 0.05) is 23.8 Å². The number of hydrogen-bond donors (Lipinski definition) is 1. The minimum atomic E-state index is -0.966. The van der Waals surface area contributed by atoms with E-state index in [2.05, 4.69) is 5.32 Å². The molecule has 0 radical (unpaired) electrons. The molecule has 134 valence electrons. The first-order valence-electron chi connectivity index (χ1n) is 7.60. The first kappa shape index (κ1) is 17.2. The zero-order chi connectivity index (χ0) is 18.7. The molecule has 1 heterocycles. The predicted molar refractivity (Wildman–Crippen MR) is 88.2 cm³/mol. The van der Waals surface area contributed by atoms with Gasteiger partial charge in [-0.25, -0.2) is 4.79 Å². The maximum absolute atomic E-state index is 12.2. The van der Waals surface area contributed by atoms with Crippen LogP contribution in [0.15, 0.2) is 42.5 Å². The maximum atomic E-state index is 12.2. The molecular formula is C17H14N2O7. The molecule has 9 heteroatoms. The number of nitro benzene ring substituents is 1. The van der Waals surface area contributed by atoms with Gasteiger partial charge in [-0.05, 0) is 25.1 Å². The number of nitrogens with one attached hydrogen (secondary N) is 1. The summed E-state index contributed by atoms with van der Waals surface area (Å²) in [5.74, 6) is -0.0532. The molecule has 26 heavy (non-hydrogen) atoms. The average molecular weight is 358 g/mol. The third-order valence-electron chi connectivity index (χ3n) is 3.58. The van der Waals surface area contributed by atoms with Crippen molar-refractivity contribution in [3.8, 4) is 17.2 Å². The minimum absolute atomic E-state index is 0.0712. The Morgan fingerprint density at radius 2 is 1.96 bits per heavy atom. The molecule has 1 amide bonds. The Bertz CT molecular complexity index is 881. The Morgan fingerprint density at radius 3 is 2.73 bits per heavy atom. The van der Waals surface area contributed by atoms with E-state index in [4.69, 9.17) is 14.2 Å². The maximum Gasteiger partial charge on any atom is 0.333 e. The van der Waals surface area contributed by atoms with Gasteiger partial charge in [0.05, 0.1) is 4.92 Å². The third-order valence-corrected chi connectivity index (χ3v) is 3.58. The summed E-state index contributed by atoms with van der Waals surface area (Å²) >= 11 is 0. The molecule has 1 atom stereocenters. The molecule has 9 nitrogen and oxygen atoms in total. The van der Waals surface area contributed by atoms with Gasteiger partial charge < -0.3 is 19.5 Å². The van der Waals surface area contributed by atoms with Gasteiger partial charge in [-0.1, -0.05) is 6.07 Å². The number of ether oxygens (including phenoxy) is 3. The molecule has 1 N–H and O–H groups in total. The molecule has 2 aromatic rings. The fourth-order valence-electron chi connectivity index (χ4n) is 2.24. The largest absolute Gasteiger partial charge is 0.454 e. The van der Waals surface area contributed by atoms with Crippen molar-refractivity contribution in [2.75, 3.05) is 6.79 Å². The Hall–Kier alpha value is -3.62.